The molecule has 8 nitrogen and oxygen atoms in total. The lowest BCUT2D eigenvalue weighted by Gasteiger charge is -1.98. The fourth-order valence-corrected chi connectivity index (χ4v) is 4.91. The molecule has 0 fully saturated rings. The van der Waals surface area contributed by atoms with E-state index in [9.17, 15) is 0 Å². The van der Waals surface area contributed by atoms with Crippen molar-refractivity contribution in [3.63, 3.8) is 0 Å². The van der Waals surface area contributed by atoms with E-state index >= 15 is 0 Å². The zero-order valence-electron chi connectivity index (χ0n) is 15.5. The van der Waals surface area contributed by atoms with Crippen LogP contribution in [0.1, 0.15) is 12.6 Å². The average Bonchev–Trinajstić information content (AvgIpc) is 3.45. The van der Waals surface area contributed by atoms with Gasteiger partial charge in [0.1, 0.15) is 16.2 Å². The Bertz CT molecular complexity index is 1250. The minimum absolute atomic E-state index is 0.731. The van der Waals surface area contributed by atoms with E-state index in [0.29, 0.717) is 0 Å². The SMILES string of the molecule is CC(=O)O.Cc1nn2ccsc2c1-c1nc(-c2ccccc2)c(-c2ncn[nH]2)s1. The molecule has 0 spiro atoms. The van der Waals surface area contributed by atoms with Gasteiger partial charge in [0.2, 0.25) is 0 Å². The summed E-state index contributed by atoms with van der Waals surface area (Å²) in [6.07, 6.45) is 3.49. The van der Waals surface area contributed by atoms with Crippen LogP contribution in [-0.4, -0.2) is 40.9 Å². The molecule has 4 aromatic heterocycles. The van der Waals surface area contributed by atoms with E-state index in [2.05, 4.69) is 32.4 Å². The predicted octanol–water partition coefficient (Wildman–Crippen LogP) is 4.37. The Kier molecular flexibility index (Phi) is 5.19. The number of carboxylic acid groups (broad SMARTS) is 1. The van der Waals surface area contributed by atoms with Gasteiger partial charge in [-0.3, -0.25) is 9.89 Å². The van der Waals surface area contributed by atoms with E-state index in [-0.39, 0.29) is 0 Å². The first-order chi connectivity index (χ1) is 14.0. The number of aliphatic carboxylic acids is 1. The van der Waals surface area contributed by atoms with Crippen molar-refractivity contribution in [3.8, 4) is 32.5 Å². The van der Waals surface area contributed by atoms with Crippen molar-refractivity contribution in [1.82, 2.24) is 29.8 Å². The van der Waals surface area contributed by atoms with Crippen molar-refractivity contribution < 1.29 is 9.90 Å². The van der Waals surface area contributed by atoms with Gasteiger partial charge in [0.25, 0.3) is 5.97 Å². The van der Waals surface area contributed by atoms with Crippen LogP contribution < -0.4 is 0 Å². The van der Waals surface area contributed by atoms with E-state index in [1.54, 1.807) is 22.7 Å². The molecule has 0 bridgehead atoms. The lowest BCUT2D eigenvalue weighted by molar-refractivity contribution is -0.134. The fraction of sp³-hybridized carbons (Fsp3) is 0.105. The number of thiazole rings is 2. The number of nitrogens with one attached hydrogen (secondary N) is 1. The molecule has 0 aliphatic heterocycles. The van der Waals surface area contributed by atoms with E-state index in [0.717, 1.165) is 50.0 Å². The molecule has 0 atom stereocenters. The summed E-state index contributed by atoms with van der Waals surface area (Å²) in [5.41, 5.74) is 4.03. The minimum Gasteiger partial charge on any atom is -0.481 e. The molecule has 4 heterocycles. The Morgan fingerprint density at radius 1 is 1.24 bits per heavy atom. The first-order valence-electron chi connectivity index (χ1n) is 8.59. The van der Waals surface area contributed by atoms with Crippen molar-refractivity contribution in [2.45, 2.75) is 13.8 Å². The van der Waals surface area contributed by atoms with Gasteiger partial charge in [-0.25, -0.2) is 14.5 Å². The van der Waals surface area contributed by atoms with E-state index < -0.39 is 5.97 Å². The molecule has 0 radical (unpaired) electrons. The second-order valence-corrected chi connectivity index (χ2v) is 7.92. The van der Waals surface area contributed by atoms with Gasteiger partial charge in [-0.15, -0.1) is 22.7 Å². The highest BCUT2D eigenvalue weighted by Gasteiger charge is 2.22. The molecular formula is C19H16N6O2S2. The Balaban J connectivity index is 0.000000472. The van der Waals surface area contributed by atoms with Crippen LogP contribution in [-0.2, 0) is 4.79 Å². The molecule has 0 unspecified atom stereocenters. The molecule has 0 aliphatic carbocycles. The number of H-pyrrole nitrogens is 1. The third-order valence-corrected chi connectivity index (χ3v) is 5.89. The standard InChI is InChI=1S/C17H12N6S2.C2H4O2/c1-10-12(17-23(22-10)7-8-24-17)16-20-13(11-5-3-2-4-6-11)14(25-16)15-18-9-19-21-15;1-2(3)4/h2-9H,1H3,(H,18,19,21);1H3,(H,3,4). The summed E-state index contributed by atoms with van der Waals surface area (Å²) in [5, 5.41) is 21.9. The third-order valence-electron chi connectivity index (χ3n) is 3.94. The first-order valence-corrected chi connectivity index (χ1v) is 10.3. The van der Waals surface area contributed by atoms with Gasteiger partial charge in [-0.2, -0.15) is 10.2 Å². The summed E-state index contributed by atoms with van der Waals surface area (Å²) < 4.78 is 1.91. The van der Waals surface area contributed by atoms with Gasteiger partial charge >= 0.3 is 0 Å². The maximum Gasteiger partial charge on any atom is 0.300 e. The number of aromatic amines is 1. The summed E-state index contributed by atoms with van der Waals surface area (Å²) in [4.78, 5) is 20.4. The van der Waals surface area contributed by atoms with Crippen LogP contribution in [0.3, 0.4) is 0 Å². The summed E-state index contributed by atoms with van der Waals surface area (Å²) in [5.74, 6) is -0.102. The number of nitrogens with zero attached hydrogens (tertiary/aromatic N) is 5. The van der Waals surface area contributed by atoms with Crippen LogP contribution >= 0.6 is 22.7 Å². The largest absolute Gasteiger partial charge is 0.481 e. The second kappa shape index (κ2) is 7.94. The summed E-state index contributed by atoms with van der Waals surface area (Å²) in [6.45, 7) is 3.10. The minimum atomic E-state index is -0.833. The number of hydrogen-bond acceptors (Lipinski definition) is 7. The Hall–Kier alpha value is -3.37. The summed E-state index contributed by atoms with van der Waals surface area (Å²) in [6, 6.07) is 10.2. The molecule has 146 valence electrons. The zero-order valence-corrected chi connectivity index (χ0v) is 17.2. The van der Waals surface area contributed by atoms with Crippen LogP contribution in [0, 0.1) is 6.92 Å². The van der Waals surface area contributed by atoms with Gasteiger partial charge in [0, 0.05) is 24.1 Å². The second-order valence-electron chi connectivity index (χ2n) is 6.03. The Labute approximate surface area is 173 Å². The van der Waals surface area contributed by atoms with E-state index in [1.807, 2.05) is 41.2 Å². The molecule has 0 aliphatic rings. The maximum atomic E-state index is 9.00. The van der Waals surface area contributed by atoms with Crippen LogP contribution in [0.25, 0.3) is 37.4 Å². The van der Waals surface area contributed by atoms with Gasteiger partial charge in [-0.05, 0) is 6.92 Å². The Morgan fingerprint density at radius 3 is 2.69 bits per heavy atom. The van der Waals surface area contributed by atoms with Crippen molar-refractivity contribution in [2.24, 2.45) is 0 Å². The van der Waals surface area contributed by atoms with Gasteiger partial charge < -0.3 is 5.11 Å². The highest BCUT2D eigenvalue weighted by molar-refractivity contribution is 7.20. The molecule has 0 amide bonds. The van der Waals surface area contributed by atoms with Crippen LogP contribution in [0.2, 0.25) is 0 Å². The summed E-state index contributed by atoms with van der Waals surface area (Å²) in [7, 11) is 0. The lowest BCUT2D eigenvalue weighted by atomic mass is 10.1. The average molecular weight is 425 g/mol. The lowest BCUT2D eigenvalue weighted by Crippen LogP contribution is -1.84. The monoisotopic (exact) mass is 424 g/mol. The molecule has 5 aromatic rings. The van der Waals surface area contributed by atoms with Crippen molar-refractivity contribution >= 4 is 33.5 Å². The molecule has 0 saturated heterocycles. The number of hydrogen-bond donors (Lipinski definition) is 2. The van der Waals surface area contributed by atoms with Crippen molar-refractivity contribution in [2.75, 3.05) is 0 Å². The number of fused-ring (bicyclic) bond motifs is 1. The number of aromatic nitrogens is 6. The molecule has 5 rings (SSSR count). The normalized spacial score (nSPS) is 10.7. The highest BCUT2D eigenvalue weighted by Crippen LogP contribution is 2.41. The van der Waals surface area contributed by atoms with Crippen molar-refractivity contribution in [1.29, 1.82) is 0 Å². The number of carbonyl (C=O) groups is 1. The zero-order chi connectivity index (χ0) is 20.4. The summed E-state index contributed by atoms with van der Waals surface area (Å²) >= 11 is 3.28. The van der Waals surface area contributed by atoms with Gasteiger partial charge in [-0.1, -0.05) is 30.3 Å². The van der Waals surface area contributed by atoms with Gasteiger partial charge in [0.15, 0.2) is 5.82 Å². The Morgan fingerprint density at radius 2 is 2.00 bits per heavy atom. The number of benzene rings is 1. The van der Waals surface area contributed by atoms with E-state index in [1.165, 1.54) is 6.33 Å². The highest BCUT2D eigenvalue weighted by atomic mass is 32.1. The van der Waals surface area contributed by atoms with Crippen LogP contribution in [0.15, 0.2) is 48.2 Å². The number of rotatable bonds is 3. The smallest absolute Gasteiger partial charge is 0.300 e. The maximum absolute atomic E-state index is 9.00. The number of aryl methyl sites for hydroxylation is 1. The molecule has 0 saturated carbocycles. The topological polar surface area (TPSA) is 109 Å². The fourth-order valence-electron chi connectivity index (χ4n) is 2.83. The molecule has 1 aromatic carbocycles. The molecule has 2 N–H and O–H groups in total. The third kappa shape index (κ3) is 3.80. The van der Waals surface area contributed by atoms with Gasteiger partial charge in [0.05, 0.1) is 21.8 Å². The van der Waals surface area contributed by atoms with Crippen LogP contribution in [0.4, 0.5) is 0 Å². The predicted molar refractivity (Wildman–Crippen MR) is 113 cm³/mol. The molecule has 29 heavy (non-hydrogen) atoms. The first kappa shape index (κ1) is 19.0. The van der Waals surface area contributed by atoms with Crippen LogP contribution in [0.5, 0.6) is 0 Å². The van der Waals surface area contributed by atoms with E-state index in [4.69, 9.17) is 14.9 Å². The van der Waals surface area contributed by atoms with Crippen molar-refractivity contribution in [3.05, 3.63) is 53.9 Å². The number of carboxylic acids is 1. The molecule has 10 heteroatoms. The quantitative estimate of drug-likeness (QED) is 0.445. The molecular weight excluding hydrogens is 408 g/mol.